The number of amides is 1. The molecule has 2 aromatic heterocycles. The van der Waals surface area contributed by atoms with Crippen LogP contribution in [-0.2, 0) is 6.54 Å². The molecular formula is C16H20N4O. The van der Waals surface area contributed by atoms with Crippen molar-refractivity contribution in [1.29, 1.82) is 0 Å². The minimum absolute atomic E-state index is 0.142. The maximum Gasteiger partial charge on any atom is 0.272 e. The third-order valence-electron chi connectivity index (χ3n) is 4.05. The predicted molar refractivity (Wildman–Crippen MR) is 79.8 cm³/mol. The van der Waals surface area contributed by atoms with Crippen molar-refractivity contribution < 1.29 is 4.79 Å². The van der Waals surface area contributed by atoms with Gasteiger partial charge in [-0.05, 0) is 30.5 Å². The zero-order valence-electron chi connectivity index (χ0n) is 12.0. The molecule has 0 spiro atoms. The molecule has 1 amide bonds. The van der Waals surface area contributed by atoms with E-state index >= 15 is 0 Å². The van der Waals surface area contributed by atoms with Crippen LogP contribution in [0.2, 0.25) is 0 Å². The van der Waals surface area contributed by atoms with E-state index in [9.17, 15) is 4.79 Å². The molecule has 2 heterocycles. The Labute approximate surface area is 124 Å². The zero-order chi connectivity index (χ0) is 14.5. The van der Waals surface area contributed by atoms with Gasteiger partial charge in [0.1, 0.15) is 5.69 Å². The number of hydrogen-bond acceptors (Lipinski definition) is 3. The third kappa shape index (κ3) is 3.48. The number of H-pyrrole nitrogens is 1. The molecule has 1 aliphatic rings. The second-order valence-corrected chi connectivity index (χ2v) is 5.59. The maximum atomic E-state index is 12.1. The fourth-order valence-corrected chi connectivity index (χ4v) is 2.85. The second-order valence-electron chi connectivity index (χ2n) is 5.59. The van der Waals surface area contributed by atoms with Gasteiger partial charge in [0, 0.05) is 30.6 Å². The van der Waals surface area contributed by atoms with Crippen LogP contribution >= 0.6 is 0 Å². The van der Waals surface area contributed by atoms with Crippen molar-refractivity contribution in [1.82, 2.24) is 20.5 Å². The summed E-state index contributed by atoms with van der Waals surface area (Å²) in [7, 11) is 0. The van der Waals surface area contributed by atoms with Gasteiger partial charge in [0.05, 0.1) is 0 Å². The monoisotopic (exact) mass is 284 g/mol. The summed E-state index contributed by atoms with van der Waals surface area (Å²) in [6.07, 6.45) is 9.72. The number of rotatable bonds is 4. The van der Waals surface area contributed by atoms with Crippen LogP contribution in [0, 0.1) is 0 Å². The van der Waals surface area contributed by atoms with Crippen LogP contribution in [0.3, 0.4) is 0 Å². The Hall–Kier alpha value is -2.17. The van der Waals surface area contributed by atoms with E-state index in [1.54, 1.807) is 12.4 Å². The Kier molecular flexibility index (Phi) is 4.28. The van der Waals surface area contributed by atoms with E-state index in [0.717, 1.165) is 11.3 Å². The van der Waals surface area contributed by atoms with Gasteiger partial charge in [-0.25, -0.2) is 0 Å². The van der Waals surface area contributed by atoms with Gasteiger partial charge in [-0.15, -0.1) is 0 Å². The van der Waals surface area contributed by atoms with Crippen LogP contribution in [-0.4, -0.2) is 21.1 Å². The Balaban J connectivity index is 1.59. The van der Waals surface area contributed by atoms with Gasteiger partial charge in [0.2, 0.25) is 0 Å². The van der Waals surface area contributed by atoms with Crippen LogP contribution in [0.5, 0.6) is 0 Å². The average Bonchev–Trinajstić information content (AvgIpc) is 3.04. The summed E-state index contributed by atoms with van der Waals surface area (Å²) in [4.78, 5) is 16.1. The lowest BCUT2D eigenvalue weighted by molar-refractivity contribution is 0.0946. The summed E-state index contributed by atoms with van der Waals surface area (Å²) in [5.74, 6) is 0.392. The number of pyridine rings is 1. The van der Waals surface area contributed by atoms with E-state index < -0.39 is 0 Å². The van der Waals surface area contributed by atoms with Gasteiger partial charge >= 0.3 is 0 Å². The van der Waals surface area contributed by atoms with Gasteiger partial charge in [0.25, 0.3) is 5.91 Å². The topological polar surface area (TPSA) is 70.7 Å². The molecule has 0 bridgehead atoms. The third-order valence-corrected chi connectivity index (χ3v) is 4.05. The molecule has 5 heteroatoms. The van der Waals surface area contributed by atoms with Gasteiger partial charge in [-0.2, -0.15) is 5.10 Å². The summed E-state index contributed by atoms with van der Waals surface area (Å²) in [5.41, 5.74) is 2.55. The Morgan fingerprint density at radius 1 is 1.33 bits per heavy atom. The van der Waals surface area contributed by atoms with Crippen LogP contribution in [0.1, 0.15) is 59.8 Å². The minimum atomic E-state index is -0.142. The summed E-state index contributed by atoms with van der Waals surface area (Å²) in [6, 6.07) is 5.69. The molecule has 1 saturated carbocycles. The molecule has 21 heavy (non-hydrogen) atoms. The van der Waals surface area contributed by atoms with E-state index in [2.05, 4.69) is 20.5 Å². The molecular weight excluding hydrogens is 264 g/mol. The van der Waals surface area contributed by atoms with Crippen LogP contribution < -0.4 is 5.32 Å². The summed E-state index contributed by atoms with van der Waals surface area (Å²) < 4.78 is 0. The molecule has 0 aliphatic heterocycles. The summed E-state index contributed by atoms with van der Waals surface area (Å²) in [5, 5.41) is 10.1. The number of aromatic nitrogens is 3. The average molecular weight is 284 g/mol. The lowest BCUT2D eigenvalue weighted by atomic mass is 9.87. The summed E-state index contributed by atoms with van der Waals surface area (Å²) >= 11 is 0. The van der Waals surface area contributed by atoms with E-state index in [1.807, 2.05) is 18.2 Å². The Bertz CT molecular complexity index is 587. The molecule has 5 nitrogen and oxygen atoms in total. The first-order valence-corrected chi connectivity index (χ1v) is 7.55. The highest BCUT2D eigenvalue weighted by atomic mass is 16.1. The highest BCUT2D eigenvalue weighted by Crippen LogP contribution is 2.31. The smallest absolute Gasteiger partial charge is 0.272 e. The zero-order valence-corrected chi connectivity index (χ0v) is 12.0. The van der Waals surface area contributed by atoms with Crippen molar-refractivity contribution in [2.45, 2.75) is 44.6 Å². The van der Waals surface area contributed by atoms with Crippen molar-refractivity contribution in [3.05, 3.63) is 47.5 Å². The molecule has 3 rings (SSSR count). The van der Waals surface area contributed by atoms with Gasteiger partial charge in [0.15, 0.2) is 0 Å². The van der Waals surface area contributed by atoms with Crippen molar-refractivity contribution >= 4 is 5.91 Å². The SMILES string of the molecule is O=C(NCc1cccnc1)c1cc(C2CCCCC2)[nH]n1. The normalized spacial score (nSPS) is 15.8. The minimum Gasteiger partial charge on any atom is -0.347 e. The van der Waals surface area contributed by atoms with Gasteiger partial charge in [-0.1, -0.05) is 25.3 Å². The number of aromatic amines is 1. The Morgan fingerprint density at radius 2 is 2.19 bits per heavy atom. The van der Waals surface area contributed by atoms with E-state index in [0.29, 0.717) is 18.2 Å². The standard InChI is InChI=1S/C16H20N4O/c21-16(18-11-12-5-4-8-17-10-12)15-9-14(19-20-15)13-6-2-1-3-7-13/h4-5,8-10,13H,1-3,6-7,11H2,(H,18,21)(H,19,20). The highest BCUT2D eigenvalue weighted by Gasteiger charge is 2.19. The second kappa shape index (κ2) is 6.52. The number of nitrogens with zero attached hydrogens (tertiary/aromatic N) is 2. The highest BCUT2D eigenvalue weighted by molar-refractivity contribution is 5.92. The number of carbonyl (C=O) groups excluding carboxylic acids is 1. The molecule has 2 aromatic rings. The molecule has 0 saturated heterocycles. The lowest BCUT2D eigenvalue weighted by Crippen LogP contribution is -2.23. The molecule has 0 radical (unpaired) electrons. The first-order valence-electron chi connectivity index (χ1n) is 7.55. The number of hydrogen-bond donors (Lipinski definition) is 2. The van der Waals surface area contributed by atoms with Crippen LogP contribution in [0.25, 0.3) is 0 Å². The first kappa shape index (κ1) is 13.8. The number of nitrogens with one attached hydrogen (secondary N) is 2. The maximum absolute atomic E-state index is 12.1. The number of carbonyl (C=O) groups is 1. The Morgan fingerprint density at radius 3 is 2.95 bits per heavy atom. The van der Waals surface area contributed by atoms with Crippen molar-refractivity contribution in [2.24, 2.45) is 0 Å². The van der Waals surface area contributed by atoms with Crippen molar-refractivity contribution in [3.8, 4) is 0 Å². The summed E-state index contributed by atoms with van der Waals surface area (Å²) in [6.45, 7) is 0.471. The predicted octanol–water partition coefficient (Wildman–Crippen LogP) is 2.78. The van der Waals surface area contributed by atoms with E-state index in [-0.39, 0.29) is 5.91 Å². The first-order chi connectivity index (χ1) is 10.3. The quantitative estimate of drug-likeness (QED) is 0.907. The largest absolute Gasteiger partial charge is 0.347 e. The van der Waals surface area contributed by atoms with Crippen LogP contribution in [0.4, 0.5) is 0 Å². The molecule has 0 atom stereocenters. The van der Waals surface area contributed by atoms with E-state index in [1.165, 1.54) is 32.1 Å². The van der Waals surface area contributed by atoms with Crippen LogP contribution in [0.15, 0.2) is 30.6 Å². The van der Waals surface area contributed by atoms with Crippen molar-refractivity contribution in [3.63, 3.8) is 0 Å². The molecule has 2 N–H and O–H groups in total. The fraction of sp³-hybridized carbons (Fsp3) is 0.438. The molecule has 1 fully saturated rings. The fourth-order valence-electron chi connectivity index (χ4n) is 2.85. The van der Waals surface area contributed by atoms with Gasteiger partial charge in [-0.3, -0.25) is 14.9 Å². The lowest BCUT2D eigenvalue weighted by Gasteiger charge is -2.19. The van der Waals surface area contributed by atoms with Crippen molar-refractivity contribution in [2.75, 3.05) is 0 Å². The van der Waals surface area contributed by atoms with Gasteiger partial charge < -0.3 is 5.32 Å². The van der Waals surface area contributed by atoms with E-state index in [4.69, 9.17) is 0 Å². The molecule has 1 aliphatic carbocycles. The molecule has 0 unspecified atom stereocenters. The molecule has 0 aromatic carbocycles. The molecule has 110 valence electrons.